The molecule has 0 unspecified atom stereocenters. The number of ether oxygens (including phenoxy) is 1. The quantitative estimate of drug-likeness (QED) is 0.850. The average Bonchev–Trinajstić information content (AvgIpc) is 2.34. The molecule has 0 atom stereocenters. The largest absolute Gasteiger partial charge is 0.507 e. The van der Waals surface area contributed by atoms with Crippen LogP contribution in [0.2, 0.25) is 0 Å². The topological polar surface area (TPSA) is 42.4 Å². The average molecular weight is 345 g/mol. The molecule has 5 heteroatoms. The fourth-order valence-corrected chi connectivity index (χ4v) is 1.88. The van der Waals surface area contributed by atoms with Crippen molar-refractivity contribution in [3.63, 3.8) is 0 Å². The van der Waals surface area contributed by atoms with Crippen molar-refractivity contribution in [1.82, 2.24) is 4.98 Å². The van der Waals surface area contributed by atoms with Gasteiger partial charge in [0, 0.05) is 17.8 Å². The van der Waals surface area contributed by atoms with E-state index < -0.39 is 0 Å². The standard InChI is InChI=1S/C12H9FINO2/c1-17-12-4-7(2-3-15-12)8-5-11(16)10(14)6-9(8)13/h2-6,16H,1H3. The lowest BCUT2D eigenvalue weighted by molar-refractivity contribution is 0.398. The number of benzene rings is 1. The van der Waals surface area contributed by atoms with E-state index in [0.29, 0.717) is 20.6 Å². The Hall–Kier alpha value is -1.37. The molecule has 0 aliphatic heterocycles. The SMILES string of the molecule is COc1cc(-c2cc(O)c(I)cc2F)ccn1. The number of aromatic nitrogens is 1. The summed E-state index contributed by atoms with van der Waals surface area (Å²) in [5.41, 5.74) is 0.935. The molecule has 0 fully saturated rings. The molecule has 0 bridgehead atoms. The van der Waals surface area contributed by atoms with Crippen LogP contribution in [0.5, 0.6) is 11.6 Å². The zero-order chi connectivity index (χ0) is 12.4. The minimum absolute atomic E-state index is 0.0535. The maximum absolute atomic E-state index is 13.8. The normalized spacial score (nSPS) is 10.3. The maximum atomic E-state index is 13.8. The van der Waals surface area contributed by atoms with Crippen molar-refractivity contribution >= 4 is 22.6 Å². The molecule has 0 aliphatic rings. The lowest BCUT2D eigenvalue weighted by Gasteiger charge is -2.07. The maximum Gasteiger partial charge on any atom is 0.213 e. The molecule has 0 radical (unpaired) electrons. The summed E-state index contributed by atoms with van der Waals surface area (Å²) in [4.78, 5) is 3.94. The van der Waals surface area contributed by atoms with Gasteiger partial charge in [-0.25, -0.2) is 9.37 Å². The number of rotatable bonds is 2. The van der Waals surface area contributed by atoms with Gasteiger partial charge in [0.15, 0.2) is 0 Å². The smallest absolute Gasteiger partial charge is 0.213 e. The van der Waals surface area contributed by atoms with Crippen LogP contribution in [0.15, 0.2) is 30.5 Å². The second-order valence-electron chi connectivity index (χ2n) is 3.37. The number of pyridine rings is 1. The van der Waals surface area contributed by atoms with Gasteiger partial charge in [-0.15, -0.1) is 0 Å². The summed E-state index contributed by atoms with van der Waals surface area (Å²) in [6.07, 6.45) is 1.53. The Morgan fingerprint density at radius 2 is 2.12 bits per heavy atom. The second kappa shape index (κ2) is 4.87. The van der Waals surface area contributed by atoms with Crippen LogP contribution in [0.25, 0.3) is 11.1 Å². The third kappa shape index (κ3) is 2.49. The van der Waals surface area contributed by atoms with Crippen molar-refractivity contribution in [3.8, 4) is 22.8 Å². The zero-order valence-electron chi connectivity index (χ0n) is 8.95. The third-order valence-electron chi connectivity index (χ3n) is 2.29. The lowest BCUT2D eigenvalue weighted by Crippen LogP contribution is -1.90. The molecule has 0 saturated carbocycles. The number of aromatic hydroxyl groups is 1. The Morgan fingerprint density at radius 3 is 2.82 bits per heavy atom. The highest BCUT2D eigenvalue weighted by Gasteiger charge is 2.10. The van der Waals surface area contributed by atoms with Crippen LogP contribution < -0.4 is 4.74 Å². The van der Waals surface area contributed by atoms with Crippen molar-refractivity contribution in [3.05, 3.63) is 39.8 Å². The van der Waals surface area contributed by atoms with E-state index >= 15 is 0 Å². The van der Waals surface area contributed by atoms with Crippen molar-refractivity contribution in [2.45, 2.75) is 0 Å². The molecule has 2 aromatic rings. The van der Waals surface area contributed by atoms with Crippen LogP contribution in [0, 0.1) is 9.39 Å². The highest BCUT2D eigenvalue weighted by molar-refractivity contribution is 14.1. The molecule has 1 N–H and O–H groups in total. The number of hydrogen-bond donors (Lipinski definition) is 1. The molecule has 1 aromatic heterocycles. The van der Waals surface area contributed by atoms with E-state index in [4.69, 9.17) is 4.74 Å². The van der Waals surface area contributed by atoms with Crippen molar-refractivity contribution in [1.29, 1.82) is 0 Å². The summed E-state index contributed by atoms with van der Waals surface area (Å²) >= 11 is 1.87. The van der Waals surface area contributed by atoms with Crippen molar-refractivity contribution < 1.29 is 14.2 Å². The highest BCUT2D eigenvalue weighted by Crippen LogP contribution is 2.31. The minimum atomic E-state index is -0.388. The molecule has 1 heterocycles. The van der Waals surface area contributed by atoms with Crippen LogP contribution in [-0.2, 0) is 0 Å². The van der Waals surface area contributed by atoms with Gasteiger partial charge in [-0.2, -0.15) is 0 Å². The Labute approximate surface area is 111 Å². The van der Waals surface area contributed by atoms with E-state index in [1.807, 2.05) is 22.6 Å². The van der Waals surface area contributed by atoms with E-state index in [1.165, 1.54) is 25.4 Å². The first-order valence-corrected chi connectivity index (χ1v) is 5.88. The van der Waals surface area contributed by atoms with Crippen LogP contribution >= 0.6 is 22.6 Å². The summed E-state index contributed by atoms with van der Waals surface area (Å²) < 4.78 is 19.2. The first-order valence-electron chi connectivity index (χ1n) is 4.80. The third-order valence-corrected chi connectivity index (χ3v) is 3.16. The summed E-state index contributed by atoms with van der Waals surface area (Å²) in [6, 6.07) is 5.96. The summed E-state index contributed by atoms with van der Waals surface area (Å²) in [5.74, 6) is 0.0678. The van der Waals surface area contributed by atoms with Gasteiger partial charge in [0.05, 0.1) is 10.7 Å². The van der Waals surface area contributed by atoms with Gasteiger partial charge >= 0.3 is 0 Å². The molecule has 0 saturated heterocycles. The predicted octanol–water partition coefficient (Wildman–Crippen LogP) is 3.21. The Kier molecular flexibility index (Phi) is 3.46. The van der Waals surface area contributed by atoms with E-state index in [0.717, 1.165) is 0 Å². The monoisotopic (exact) mass is 345 g/mol. The minimum Gasteiger partial charge on any atom is -0.507 e. The van der Waals surface area contributed by atoms with E-state index in [-0.39, 0.29) is 11.6 Å². The van der Waals surface area contributed by atoms with Gasteiger partial charge < -0.3 is 9.84 Å². The van der Waals surface area contributed by atoms with Gasteiger partial charge in [0.2, 0.25) is 5.88 Å². The van der Waals surface area contributed by atoms with Crippen LogP contribution in [-0.4, -0.2) is 17.2 Å². The predicted molar refractivity (Wildman–Crippen MR) is 70.6 cm³/mol. The van der Waals surface area contributed by atoms with Gasteiger partial charge in [-0.1, -0.05) is 0 Å². The number of halogens is 2. The number of hydrogen-bond acceptors (Lipinski definition) is 3. The summed E-state index contributed by atoms with van der Waals surface area (Å²) in [5, 5.41) is 9.59. The number of phenols is 1. The molecular formula is C12H9FINO2. The zero-order valence-corrected chi connectivity index (χ0v) is 11.1. The second-order valence-corrected chi connectivity index (χ2v) is 4.53. The number of methoxy groups -OCH3 is 1. The molecule has 88 valence electrons. The van der Waals surface area contributed by atoms with E-state index in [1.54, 1.807) is 12.1 Å². The molecule has 2 rings (SSSR count). The molecule has 0 spiro atoms. The van der Waals surface area contributed by atoms with Crippen molar-refractivity contribution in [2.24, 2.45) is 0 Å². The summed E-state index contributed by atoms with van der Waals surface area (Å²) in [6.45, 7) is 0. The molecule has 3 nitrogen and oxygen atoms in total. The first-order chi connectivity index (χ1) is 8.11. The molecular weight excluding hydrogens is 336 g/mol. The van der Waals surface area contributed by atoms with Crippen LogP contribution in [0.1, 0.15) is 0 Å². The number of nitrogens with zero attached hydrogens (tertiary/aromatic N) is 1. The van der Waals surface area contributed by atoms with Gasteiger partial charge in [0.1, 0.15) is 11.6 Å². The Morgan fingerprint density at radius 1 is 1.35 bits per heavy atom. The van der Waals surface area contributed by atoms with Crippen molar-refractivity contribution in [2.75, 3.05) is 7.11 Å². The van der Waals surface area contributed by atoms with Gasteiger partial charge in [-0.3, -0.25) is 0 Å². The van der Waals surface area contributed by atoms with E-state index in [9.17, 15) is 9.50 Å². The highest BCUT2D eigenvalue weighted by atomic mass is 127. The molecule has 0 aliphatic carbocycles. The fourth-order valence-electron chi connectivity index (χ4n) is 1.45. The van der Waals surface area contributed by atoms with Gasteiger partial charge in [0.25, 0.3) is 0 Å². The molecule has 1 aromatic carbocycles. The Balaban J connectivity index is 2.56. The first kappa shape index (κ1) is 12.1. The van der Waals surface area contributed by atoms with Crippen LogP contribution in [0.3, 0.4) is 0 Å². The lowest BCUT2D eigenvalue weighted by atomic mass is 10.1. The van der Waals surface area contributed by atoms with Crippen LogP contribution in [0.4, 0.5) is 4.39 Å². The Bertz CT molecular complexity index is 560. The van der Waals surface area contributed by atoms with Gasteiger partial charge in [-0.05, 0) is 46.4 Å². The fraction of sp³-hybridized carbons (Fsp3) is 0.0833. The molecule has 0 amide bonds. The van der Waals surface area contributed by atoms with E-state index in [2.05, 4.69) is 4.98 Å². The molecule has 17 heavy (non-hydrogen) atoms. The number of phenolic OH excluding ortho intramolecular Hbond substituents is 1. The summed E-state index contributed by atoms with van der Waals surface area (Å²) in [7, 11) is 1.49.